The summed E-state index contributed by atoms with van der Waals surface area (Å²) in [6.45, 7) is 4.12. The number of rotatable bonds is 2. The lowest BCUT2D eigenvalue weighted by atomic mass is 10.0. The Hall–Kier alpha value is -1.06. The smallest absolute Gasteiger partial charge is 0.184 e. The van der Waals surface area contributed by atoms with Crippen molar-refractivity contribution in [2.24, 2.45) is 0 Å². The summed E-state index contributed by atoms with van der Waals surface area (Å²) in [4.78, 5) is 4.28. The van der Waals surface area contributed by atoms with Crippen LogP contribution in [0.5, 0.6) is 5.75 Å². The minimum absolute atomic E-state index is 0.572. The fraction of sp³-hybridized carbons (Fsp3) is 0.250. The molecule has 0 bridgehead atoms. The fourth-order valence-corrected chi connectivity index (χ4v) is 2.43. The minimum atomic E-state index is 0.572. The minimum Gasteiger partial charge on any atom is -0.496 e. The highest BCUT2D eigenvalue weighted by molar-refractivity contribution is 7.14. The Balaban J connectivity index is 2.55. The second-order valence-corrected chi connectivity index (χ2v) is 4.99. The van der Waals surface area contributed by atoms with Crippen LogP contribution in [0.15, 0.2) is 17.5 Å². The van der Waals surface area contributed by atoms with Crippen molar-refractivity contribution in [1.82, 2.24) is 4.98 Å². The van der Waals surface area contributed by atoms with Crippen molar-refractivity contribution >= 4 is 22.9 Å². The molecule has 84 valence electrons. The van der Waals surface area contributed by atoms with E-state index >= 15 is 0 Å². The number of halogens is 1. The van der Waals surface area contributed by atoms with Gasteiger partial charge in [-0.05, 0) is 37.1 Å². The molecule has 16 heavy (non-hydrogen) atoms. The van der Waals surface area contributed by atoms with Gasteiger partial charge in [0, 0.05) is 10.9 Å². The van der Waals surface area contributed by atoms with Crippen molar-refractivity contribution in [2.45, 2.75) is 13.8 Å². The SMILES string of the molecule is COc1ccc(-c2csc(Cl)n2)c(C)c1C. The Bertz CT molecular complexity index is 522. The second kappa shape index (κ2) is 4.44. The van der Waals surface area contributed by atoms with E-state index in [2.05, 4.69) is 11.9 Å². The first kappa shape index (κ1) is 11.4. The third-order valence-corrected chi connectivity index (χ3v) is 3.69. The molecule has 0 amide bonds. The zero-order valence-corrected chi connectivity index (χ0v) is 10.9. The molecule has 0 N–H and O–H groups in total. The molecule has 0 atom stereocenters. The summed E-state index contributed by atoms with van der Waals surface area (Å²) in [6.07, 6.45) is 0. The first-order valence-corrected chi connectivity index (χ1v) is 6.15. The van der Waals surface area contributed by atoms with E-state index in [1.807, 2.05) is 24.4 Å². The molecule has 2 rings (SSSR count). The van der Waals surface area contributed by atoms with Gasteiger partial charge >= 0.3 is 0 Å². The van der Waals surface area contributed by atoms with Crippen molar-refractivity contribution in [3.8, 4) is 17.0 Å². The quantitative estimate of drug-likeness (QED) is 0.804. The molecule has 0 aliphatic carbocycles. The van der Waals surface area contributed by atoms with Crippen LogP contribution in [0.2, 0.25) is 4.47 Å². The van der Waals surface area contributed by atoms with Gasteiger partial charge in [0.25, 0.3) is 0 Å². The molecule has 2 nitrogen and oxygen atoms in total. The van der Waals surface area contributed by atoms with Crippen LogP contribution in [0, 0.1) is 13.8 Å². The number of hydrogen-bond donors (Lipinski definition) is 0. The van der Waals surface area contributed by atoms with Crippen LogP contribution in [-0.2, 0) is 0 Å². The molecule has 0 saturated heterocycles. The van der Waals surface area contributed by atoms with E-state index in [4.69, 9.17) is 16.3 Å². The lowest BCUT2D eigenvalue weighted by molar-refractivity contribution is 0.411. The lowest BCUT2D eigenvalue weighted by Gasteiger charge is -2.10. The maximum absolute atomic E-state index is 5.84. The summed E-state index contributed by atoms with van der Waals surface area (Å²) in [5.74, 6) is 0.905. The van der Waals surface area contributed by atoms with Gasteiger partial charge in [0.15, 0.2) is 4.47 Å². The molecule has 1 aromatic heterocycles. The Morgan fingerprint density at radius 1 is 1.25 bits per heavy atom. The number of benzene rings is 1. The van der Waals surface area contributed by atoms with Gasteiger partial charge in [-0.2, -0.15) is 0 Å². The van der Waals surface area contributed by atoms with Crippen LogP contribution in [0.3, 0.4) is 0 Å². The number of thiazole rings is 1. The van der Waals surface area contributed by atoms with Crippen LogP contribution < -0.4 is 4.74 Å². The van der Waals surface area contributed by atoms with Gasteiger partial charge in [-0.15, -0.1) is 11.3 Å². The Labute approximate surface area is 104 Å². The molecule has 0 unspecified atom stereocenters. The van der Waals surface area contributed by atoms with E-state index in [-0.39, 0.29) is 0 Å². The number of nitrogens with zero attached hydrogens (tertiary/aromatic N) is 1. The standard InChI is InChI=1S/C12H12ClNOS/c1-7-8(2)11(15-3)5-4-9(7)10-6-16-12(13)14-10/h4-6H,1-3H3. The zero-order chi connectivity index (χ0) is 11.7. The summed E-state index contributed by atoms with van der Waals surface area (Å²) in [5.41, 5.74) is 4.37. The number of hydrogen-bond acceptors (Lipinski definition) is 3. The van der Waals surface area contributed by atoms with Gasteiger partial charge in [0.1, 0.15) is 5.75 Å². The highest BCUT2D eigenvalue weighted by Crippen LogP contribution is 2.32. The maximum atomic E-state index is 5.84. The molecule has 1 aromatic carbocycles. The van der Waals surface area contributed by atoms with E-state index in [0.717, 1.165) is 22.6 Å². The van der Waals surface area contributed by atoms with Crippen molar-refractivity contribution < 1.29 is 4.74 Å². The Kier molecular flexibility index (Phi) is 3.17. The average Bonchev–Trinajstić information content (AvgIpc) is 2.69. The number of methoxy groups -OCH3 is 1. The van der Waals surface area contributed by atoms with Gasteiger partial charge in [0.2, 0.25) is 0 Å². The van der Waals surface area contributed by atoms with Crippen LogP contribution in [0.25, 0.3) is 11.3 Å². The van der Waals surface area contributed by atoms with E-state index in [1.165, 1.54) is 16.9 Å². The molecule has 0 spiro atoms. The summed E-state index contributed by atoms with van der Waals surface area (Å²) < 4.78 is 5.85. The molecule has 0 radical (unpaired) electrons. The highest BCUT2D eigenvalue weighted by Gasteiger charge is 2.10. The van der Waals surface area contributed by atoms with Crippen LogP contribution in [0.1, 0.15) is 11.1 Å². The monoisotopic (exact) mass is 253 g/mol. The summed E-state index contributed by atoms with van der Waals surface area (Å²) in [6, 6.07) is 3.98. The van der Waals surface area contributed by atoms with E-state index in [1.54, 1.807) is 7.11 Å². The molecule has 0 fully saturated rings. The largest absolute Gasteiger partial charge is 0.496 e. The van der Waals surface area contributed by atoms with Gasteiger partial charge in [-0.3, -0.25) is 0 Å². The van der Waals surface area contributed by atoms with E-state index < -0.39 is 0 Å². The van der Waals surface area contributed by atoms with Gasteiger partial charge in [-0.25, -0.2) is 4.98 Å². The number of aromatic nitrogens is 1. The molecular weight excluding hydrogens is 242 g/mol. The van der Waals surface area contributed by atoms with Gasteiger partial charge in [-0.1, -0.05) is 11.6 Å². The highest BCUT2D eigenvalue weighted by atomic mass is 35.5. The fourth-order valence-electron chi connectivity index (χ4n) is 1.67. The van der Waals surface area contributed by atoms with Crippen LogP contribution in [0.4, 0.5) is 0 Å². The average molecular weight is 254 g/mol. The first-order chi connectivity index (χ1) is 7.63. The molecule has 2 aromatic rings. The van der Waals surface area contributed by atoms with Gasteiger partial charge in [0.05, 0.1) is 12.8 Å². The predicted octanol–water partition coefficient (Wildman–Crippen LogP) is 4.09. The zero-order valence-electron chi connectivity index (χ0n) is 9.37. The summed E-state index contributed by atoms with van der Waals surface area (Å²) in [5, 5.41) is 1.97. The van der Waals surface area contributed by atoms with Crippen LogP contribution in [-0.4, -0.2) is 12.1 Å². The van der Waals surface area contributed by atoms with E-state index in [9.17, 15) is 0 Å². The molecule has 0 saturated carbocycles. The van der Waals surface area contributed by atoms with Crippen molar-refractivity contribution in [3.05, 3.63) is 33.1 Å². The summed E-state index contributed by atoms with van der Waals surface area (Å²) in [7, 11) is 1.68. The maximum Gasteiger partial charge on any atom is 0.184 e. The van der Waals surface area contributed by atoms with Crippen molar-refractivity contribution in [3.63, 3.8) is 0 Å². The van der Waals surface area contributed by atoms with Crippen molar-refractivity contribution in [2.75, 3.05) is 7.11 Å². The third kappa shape index (κ3) is 1.93. The number of ether oxygens (including phenoxy) is 1. The molecule has 1 heterocycles. The Morgan fingerprint density at radius 2 is 2.00 bits per heavy atom. The normalized spacial score (nSPS) is 10.5. The topological polar surface area (TPSA) is 22.1 Å². The molecular formula is C12H12ClNOS. The van der Waals surface area contributed by atoms with Crippen molar-refractivity contribution in [1.29, 1.82) is 0 Å². The molecule has 0 aliphatic heterocycles. The van der Waals surface area contributed by atoms with Gasteiger partial charge < -0.3 is 4.74 Å². The third-order valence-electron chi connectivity index (χ3n) is 2.71. The van der Waals surface area contributed by atoms with E-state index in [0.29, 0.717) is 4.47 Å². The predicted molar refractivity (Wildman–Crippen MR) is 68.6 cm³/mol. The first-order valence-electron chi connectivity index (χ1n) is 4.89. The van der Waals surface area contributed by atoms with Crippen LogP contribution >= 0.6 is 22.9 Å². The Morgan fingerprint density at radius 3 is 2.56 bits per heavy atom. The molecule has 0 aliphatic rings. The lowest BCUT2D eigenvalue weighted by Crippen LogP contribution is -1.92. The summed E-state index contributed by atoms with van der Waals surface area (Å²) >= 11 is 7.29. The second-order valence-electron chi connectivity index (χ2n) is 3.55. The molecule has 4 heteroatoms.